The van der Waals surface area contributed by atoms with Crippen molar-refractivity contribution in [2.24, 2.45) is 0 Å². The Kier molecular flexibility index (Phi) is 5.69. The van der Waals surface area contributed by atoms with E-state index in [1.165, 1.54) is 42.3 Å². The highest BCUT2D eigenvalue weighted by atomic mass is 32.2. The molecule has 0 amide bonds. The van der Waals surface area contributed by atoms with Crippen LogP contribution in [0.1, 0.15) is 34.8 Å². The van der Waals surface area contributed by atoms with E-state index in [0.29, 0.717) is 12.1 Å². The quantitative estimate of drug-likeness (QED) is 0.626. The number of sulfonamides is 1. The van der Waals surface area contributed by atoms with Gasteiger partial charge in [0.2, 0.25) is 10.0 Å². The van der Waals surface area contributed by atoms with Crippen molar-refractivity contribution in [1.29, 1.82) is 0 Å². The summed E-state index contributed by atoms with van der Waals surface area (Å²) in [5.74, 6) is -0.0833. The molecule has 0 bridgehead atoms. The number of Topliss-reactive ketones (excluding diaryl/α,β-unsaturated/α-hetero) is 1. The highest BCUT2D eigenvalue weighted by molar-refractivity contribution is 7.89. The highest BCUT2D eigenvalue weighted by Gasteiger charge is 2.13. The summed E-state index contributed by atoms with van der Waals surface area (Å²) in [5.41, 5.74) is 2.91. The first-order valence-corrected chi connectivity index (χ1v) is 9.03. The maximum Gasteiger partial charge on any atom is 0.240 e. The largest absolute Gasteiger partial charge is 0.295 e. The number of hydrogen-bond acceptors (Lipinski definition) is 3. The fraction of sp³-hybridized carbons (Fsp3) is 0.278. The lowest BCUT2D eigenvalue weighted by molar-refractivity contribution is 0.101. The zero-order valence-electron chi connectivity index (χ0n) is 13.4. The van der Waals surface area contributed by atoms with Gasteiger partial charge < -0.3 is 0 Å². The molecule has 122 valence electrons. The van der Waals surface area contributed by atoms with Crippen molar-refractivity contribution in [3.63, 3.8) is 0 Å². The first-order valence-electron chi connectivity index (χ1n) is 7.55. The van der Waals surface area contributed by atoms with Crippen molar-refractivity contribution in [2.45, 2.75) is 31.6 Å². The Bertz CT molecular complexity index is 780. The molecule has 0 aliphatic heterocycles. The molecule has 0 atom stereocenters. The van der Waals surface area contributed by atoms with Crippen LogP contribution >= 0.6 is 0 Å². The molecule has 0 radical (unpaired) electrons. The van der Waals surface area contributed by atoms with Gasteiger partial charge in [0.15, 0.2) is 5.78 Å². The van der Waals surface area contributed by atoms with Crippen molar-refractivity contribution < 1.29 is 13.2 Å². The summed E-state index contributed by atoms with van der Waals surface area (Å²) in [4.78, 5) is 11.4. The molecule has 0 aromatic heterocycles. The summed E-state index contributed by atoms with van der Waals surface area (Å²) in [6.45, 7) is 3.87. The zero-order valence-corrected chi connectivity index (χ0v) is 14.2. The third-order valence-electron chi connectivity index (χ3n) is 3.59. The molecule has 2 rings (SSSR count). The van der Waals surface area contributed by atoms with E-state index in [0.717, 1.165) is 12.8 Å². The van der Waals surface area contributed by atoms with Gasteiger partial charge in [-0.3, -0.25) is 4.79 Å². The van der Waals surface area contributed by atoms with Gasteiger partial charge in [0.25, 0.3) is 0 Å². The van der Waals surface area contributed by atoms with E-state index < -0.39 is 10.0 Å². The van der Waals surface area contributed by atoms with Crippen molar-refractivity contribution in [1.82, 2.24) is 4.72 Å². The SMILES string of the molecule is CC(=O)c1ccc(S(=O)(=O)NCCCc2cccc(C)c2)cc1. The Balaban J connectivity index is 1.90. The van der Waals surface area contributed by atoms with Crippen LogP contribution in [0.5, 0.6) is 0 Å². The van der Waals surface area contributed by atoms with E-state index in [1.54, 1.807) is 0 Å². The number of nitrogens with one attached hydrogen (secondary N) is 1. The second-order valence-corrected chi connectivity index (χ2v) is 7.34. The van der Waals surface area contributed by atoms with Gasteiger partial charge in [-0.2, -0.15) is 0 Å². The van der Waals surface area contributed by atoms with Crippen molar-refractivity contribution in [2.75, 3.05) is 6.54 Å². The molecule has 0 aliphatic rings. The lowest BCUT2D eigenvalue weighted by atomic mass is 10.1. The van der Waals surface area contributed by atoms with E-state index in [2.05, 4.69) is 10.8 Å². The molecule has 0 aliphatic carbocycles. The topological polar surface area (TPSA) is 63.2 Å². The van der Waals surface area contributed by atoms with Crippen molar-refractivity contribution in [3.05, 3.63) is 65.2 Å². The molecular formula is C18H21NO3S. The summed E-state index contributed by atoms with van der Waals surface area (Å²) in [5, 5.41) is 0. The van der Waals surface area contributed by atoms with Crippen molar-refractivity contribution >= 4 is 15.8 Å². The molecule has 5 heteroatoms. The minimum absolute atomic E-state index is 0.0833. The summed E-state index contributed by atoms with van der Waals surface area (Å²) < 4.78 is 27.0. The van der Waals surface area contributed by atoms with E-state index in [9.17, 15) is 13.2 Å². The molecule has 0 unspecified atom stereocenters. The fourth-order valence-corrected chi connectivity index (χ4v) is 3.39. The first-order chi connectivity index (χ1) is 10.9. The van der Waals surface area contributed by atoms with Gasteiger partial charge in [-0.05, 0) is 44.4 Å². The van der Waals surface area contributed by atoms with E-state index >= 15 is 0 Å². The molecule has 0 saturated carbocycles. The van der Waals surface area contributed by atoms with Crippen LogP contribution in [0, 0.1) is 6.92 Å². The zero-order chi connectivity index (χ0) is 16.9. The molecule has 4 nitrogen and oxygen atoms in total. The minimum atomic E-state index is -3.53. The van der Waals surface area contributed by atoms with Crippen LogP contribution in [-0.4, -0.2) is 20.7 Å². The Labute approximate surface area is 137 Å². The summed E-state index contributed by atoms with van der Waals surface area (Å²) in [6, 6.07) is 14.2. The Morgan fingerprint density at radius 2 is 1.78 bits per heavy atom. The molecule has 2 aromatic rings. The van der Waals surface area contributed by atoms with E-state index in [-0.39, 0.29) is 10.7 Å². The molecule has 23 heavy (non-hydrogen) atoms. The average molecular weight is 331 g/mol. The van der Waals surface area contributed by atoms with Gasteiger partial charge >= 0.3 is 0 Å². The third kappa shape index (κ3) is 5.01. The molecule has 0 spiro atoms. The number of rotatable bonds is 7. The second kappa shape index (κ2) is 7.53. The monoisotopic (exact) mass is 331 g/mol. The number of ketones is 1. The third-order valence-corrected chi connectivity index (χ3v) is 5.06. The van der Waals surface area contributed by atoms with Crippen LogP contribution in [0.15, 0.2) is 53.4 Å². The van der Waals surface area contributed by atoms with Crippen molar-refractivity contribution in [3.8, 4) is 0 Å². The number of carbonyl (C=O) groups is 1. The number of benzene rings is 2. The van der Waals surface area contributed by atoms with Gasteiger partial charge in [-0.15, -0.1) is 0 Å². The van der Waals surface area contributed by atoms with E-state index in [4.69, 9.17) is 0 Å². The van der Waals surface area contributed by atoms with Gasteiger partial charge in [0.1, 0.15) is 0 Å². The normalized spacial score (nSPS) is 11.4. The van der Waals surface area contributed by atoms with Crippen LogP contribution in [0.4, 0.5) is 0 Å². The Morgan fingerprint density at radius 1 is 1.09 bits per heavy atom. The molecule has 1 N–H and O–H groups in total. The van der Waals surface area contributed by atoms with Crippen LogP contribution < -0.4 is 4.72 Å². The van der Waals surface area contributed by atoms with Gasteiger partial charge in [0.05, 0.1) is 4.90 Å². The summed E-state index contributed by atoms with van der Waals surface area (Å²) in [6.07, 6.45) is 1.56. The molecular weight excluding hydrogens is 310 g/mol. The van der Waals surface area contributed by atoms with Crippen LogP contribution in [0.25, 0.3) is 0 Å². The maximum absolute atomic E-state index is 12.2. The summed E-state index contributed by atoms with van der Waals surface area (Å²) in [7, 11) is -3.53. The average Bonchev–Trinajstić information content (AvgIpc) is 2.52. The van der Waals surface area contributed by atoms with Crippen LogP contribution in [-0.2, 0) is 16.4 Å². The lowest BCUT2D eigenvalue weighted by Crippen LogP contribution is -2.25. The standard InChI is InChI=1S/C18H21NO3S/c1-14-5-3-6-16(13-14)7-4-12-19-23(21,22)18-10-8-17(9-11-18)15(2)20/h3,5-6,8-11,13,19H,4,7,12H2,1-2H3. The minimum Gasteiger partial charge on any atom is -0.295 e. The Hall–Kier alpha value is -1.98. The van der Waals surface area contributed by atoms with Crippen LogP contribution in [0.3, 0.4) is 0 Å². The fourth-order valence-electron chi connectivity index (χ4n) is 2.32. The van der Waals surface area contributed by atoms with Gasteiger partial charge in [-0.25, -0.2) is 13.1 Å². The second-order valence-electron chi connectivity index (χ2n) is 5.57. The van der Waals surface area contributed by atoms with E-state index in [1.807, 2.05) is 25.1 Å². The predicted molar refractivity (Wildman–Crippen MR) is 91.1 cm³/mol. The highest BCUT2D eigenvalue weighted by Crippen LogP contribution is 2.11. The molecule has 2 aromatic carbocycles. The van der Waals surface area contributed by atoms with Crippen LogP contribution in [0.2, 0.25) is 0 Å². The van der Waals surface area contributed by atoms with Gasteiger partial charge in [-0.1, -0.05) is 42.0 Å². The maximum atomic E-state index is 12.2. The Morgan fingerprint density at radius 3 is 2.39 bits per heavy atom. The lowest BCUT2D eigenvalue weighted by Gasteiger charge is -2.07. The number of carbonyl (C=O) groups excluding carboxylic acids is 1. The molecule has 0 heterocycles. The smallest absolute Gasteiger partial charge is 0.240 e. The predicted octanol–water partition coefficient (Wildman–Crippen LogP) is 3.11. The first kappa shape index (κ1) is 17.4. The summed E-state index contributed by atoms with van der Waals surface area (Å²) >= 11 is 0. The molecule has 0 fully saturated rings. The van der Waals surface area contributed by atoms with Gasteiger partial charge in [0, 0.05) is 12.1 Å². The number of hydrogen-bond donors (Lipinski definition) is 1. The molecule has 0 saturated heterocycles. The number of aryl methyl sites for hydroxylation is 2.